The molecule has 0 rings (SSSR count). The minimum absolute atomic E-state index is 0.236. The average molecular weight is 300 g/mol. The first-order valence-electron chi connectivity index (χ1n) is 8.36. The van der Waals surface area contributed by atoms with Gasteiger partial charge in [0, 0.05) is 12.6 Å². The molecule has 0 bridgehead atoms. The summed E-state index contributed by atoms with van der Waals surface area (Å²) in [5.74, 6) is 1.07. The Morgan fingerprint density at radius 3 is 1.76 bits per heavy atom. The predicted molar refractivity (Wildman–Crippen MR) is 91.2 cm³/mol. The summed E-state index contributed by atoms with van der Waals surface area (Å²) in [4.78, 5) is 14.3. The summed E-state index contributed by atoms with van der Waals surface area (Å²) in [7, 11) is 0. The van der Waals surface area contributed by atoms with E-state index in [4.69, 9.17) is 5.73 Å². The molecular formula is C17H37N3O. The molecule has 4 heteroatoms. The van der Waals surface area contributed by atoms with E-state index in [1.807, 2.05) is 20.8 Å². The first-order chi connectivity index (χ1) is 9.56. The molecule has 0 heterocycles. The molecule has 0 aromatic heterocycles. The monoisotopic (exact) mass is 299 g/mol. The molecule has 0 aromatic carbocycles. The number of amides is 1. The molecule has 0 aliphatic carbocycles. The first-order valence-corrected chi connectivity index (χ1v) is 8.36. The maximum Gasteiger partial charge on any atom is 0.238 e. The fraction of sp³-hybridized carbons (Fsp3) is 0.941. The Bertz CT molecular complexity index is 290. The third-order valence-electron chi connectivity index (χ3n) is 3.74. The number of hydrogen-bond acceptors (Lipinski definition) is 3. The van der Waals surface area contributed by atoms with Crippen molar-refractivity contribution in [2.75, 3.05) is 19.6 Å². The normalized spacial score (nSPS) is 15.2. The van der Waals surface area contributed by atoms with Gasteiger partial charge in [-0.25, -0.2) is 0 Å². The summed E-state index contributed by atoms with van der Waals surface area (Å²) in [6.45, 7) is 17.7. The van der Waals surface area contributed by atoms with Crippen LogP contribution in [-0.4, -0.2) is 42.0 Å². The van der Waals surface area contributed by atoms with Gasteiger partial charge in [0.1, 0.15) is 5.54 Å². The number of primary amides is 1. The zero-order valence-corrected chi connectivity index (χ0v) is 15.2. The van der Waals surface area contributed by atoms with E-state index >= 15 is 0 Å². The van der Waals surface area contributed by atoms with E-state index in [1.54, 1.807) is 0 Å². The molecule has 4 nitrogen and oxygen atoms in total. The Labute approximate surface area is 131 Å². The van der Waals surface area contributed by atoms with Crippen LogP contribution < -0.4 is 11.1 Å². The Kier molecular flexibility index (Phi) is 9.14. The summed E-state index contributed by atoms with van der Waals surface area (Å²) in [6, 6.07) is 0.236. The number of carbonyl (C=O) groups is 1. The van der Waals surface area contributed by atoms with Gasteiger partial charge in [-0.15, -0.1) is 0 Å². The molecule has 0 radical (unpaired) electrons. The van der Waals surface area contributed by atoms with E-state index in [0.29, 0.717) is 18.4 Å². The summed E-state index contributed by atoms with van der Waals surface area (Å²) < 4.78 is 0. The second-order valence-corrected chi connectivity index (χ2v) is 7.64. The highest BCUT2D eigenvalue weighted by molar-refractivity contribution is 5.84. The molecule has 3 N–H and O–H groups in total. The molecule has 0 saturated carbocycles. The number of nitrogens with zero attached hydrogens (tertiary/aromatic N) is 1. The van der Waals surface area contributed by atoms with Crippen molar-refractivity contribution < 1.29 is 4.79 Å². The van der Waals surface area contributed by atoms with Crippen LogP contribution in [-0.2, 0) is 4.79 Å². The molecular weight excluding hydrogens is 262 g/mol. The Hall–Kier alpha value is -0.610. The van der Waals surface area contributed by atoms with Gasteiger partial charge in [-0.1, -0.05) is 27.7 Å². The van der Waals surface area contributed by atoms with Crippen LogP contribution in [0.25, 0.3) is 0 Å². The van der Waals surface area contributed by atoms with Gasteiger partial charge in [-0.2, -0.15) is 0 Å². The Morgan fingerprint density at radius 1 is 1.05 bits per heavy atom. The van der Waals surface area contributed by atoms with Crippen molar-refractivity contribution in [3.8, 4) is 0 Å². The van der Waals surface area contributed by atoms with Gasteiger partial charge in [0.25, 0.3) is 0 Å². The van der Waals surface area contributed by atoms with Crippen LogP contribution >= 0.6 is 0 Å². The van der Waals surface area contributed by atoms with Crippen LogP contribution in [0.1, 0.15) is 61.3 Å². The molecule has 0 saturated heterocycles. The van der Waals surface area contributed by atoms with Gasteiger partial charge < -0.3 is 16.0 Å². The van der Waals surface area contributed by atoms with Crippen LogP contribution in [0.15, 0.2) is 0 Å². The summed E-state index contributed by atoms with van der Waals surface area (Å²) in [5, 5.41) is 3.35. The second-order valence-electron chi connectivity index (χ2n) is 7.64. The molecule has 0 aliphatic rings. The summed E-state index contributed by atoms with van der Waals surface area (Å²) >= 11 is 0. The van der Waals surface area contributed by atoms with Crippen LogP contribution in [0.2, 0.25) is 0 Å². The third-order valence-corrected chi connectivity index (χ3v) is 3.74. The molecule has 1 atom stereocenters. The number of hydrogen-bond donors (Lipinski definition) is 2. The molecule has 0 aliphatic heterocycles. The molecule has 1 unspecified atom stereocenters. The van der Waals surface area contributed by atoms with Crippen molar-refractivity contribution in [3.63, 3.8) is 0 Å². The van der Waals surface area contributed by atoms with Gasteiger partial charge in [-0.05, 0) is 58.5 Å². The van der Waals surface area contributed by atoms with Gasteiger partial charge in [0.15, 0.2) is 0 Å². The van der Waals surface area contributed by atoms with Crippen LogP contribution in [0, 0.1) is 11.8 Å². The SMILES string of the molecule is CC(C)CCN(CCC(C)C)CC(C)(NC(C)C)C(N)=O. The third kappa shape index (κ3) is 9.10. The van der Waals surface area contributed by atoms with E-state index in [-0.39, 0.29) is 11.9 Å². The molecule has 1 amide bonds. The van der Waals surface area contributed by atoms with Crippen molar-refractivity contribution in [2.45, 2.75) is 72.9 Å². The molecule has 21 heavy (non-hydrogen) atoms. The lowest BCUT2D eigenvalue weighted by molar-refractivity contribution is -0.125. The fourth-order valence-corrected chi connectivity index (χ4v) is 2.43. The number of nitrogens with one attached hydrogen (secondary N) is 1. The number of nitrogens with two attached hydrogens (primary N) is 1. The van der Waals surface area contributed by atoms with Crippen molar-refractivity contribution in [1.82, 2.24) is 10.2 Å². The van der Waals surface area contributed by atoms with Crippen molar-refractivity contribution in [2.24, 2.45) is 17.6 Å². The maximum absolute atomic E-state index is 11.9. The quantitative estimate of drug-likeness (QED) is 0.616. The van der Waals surface area contributed by atoms with E-state index in [0.717, 1.165) is 25.9 Å². The zero-order valence-electron chi connectivity index (χ0n) is 15.2. The predicted octanol–water partition coefficient (Wildman–Crippen LogP) is 2.62. The fourth-order valence-electron chi connectivity index (χ4n) is 2.43. The highest BCUT2D eigenvalue weighted by Crippen LogP contribution is 2.13. The van der Waals surface area contributed by atoms with E-state index in [9.17, 15) is 4.79 Å². The zero-order chi connectivity index (χ0) is 16.6. The van der Waals surface area contributed by atoms with Gasteiger partial charge in [-0.3, -0.25) is 4.79 Å². The molecule has 126 valence electrons. The highest BCUT2D eigenvalue weighted by Gasteiger charge is 2.33. The van der Waals surface area contributed by atoms with Gasteiger partial charge >= 0.3 is 0 Å². The highest BCUT2D eigenvalue weighted by atomic mass is 16.1. The van der Waals surface area contributed by atoms with Crippen molar-refractivity contribution in [3.05, 3.63) is 0 Å². The lowest BCUT2D eigenvalue weighted by atomic mass is 9.98. The minimum Gasteiger partial charge on any atom is -0.368 e. The average Bonchev–Trinajstić information content (AvgIpc) is 2.31. The lowest BCUT2D eigenvalue weighted by Gasteiger charge is -2.36. The van der Waals surface area contributed by atoms with Crippen molar-refractivity contribution >= 4 is 5.91 Å². The second kappa shape index (κ2) is 9.42. The molecule has 0 fully saturated rings. The first kappa shape index (κ1) is 20.4. The lowest BCUT2D eigenvalue weighted by Crippen LogP contribution is -2.61. The summed E-state index contributed by atoms with van der Waals surface area (Å²) in [5.41, 5.74) is 4.99. The van der Waals surface area contributed by atoms with Crippen LogP contribution in [0.4, 0.5) is 0 Å². The standard InChI is InChI=1S/C17H37N3O/c1-13(2)8-10-20(11-9-14(3)4)12-17(7,16(18)21)19-15(5)6/h13-15,19H,8-12H2,1-7H3,(H2,18,21). The van der Waals surface area contributed by atoms with E-state index < -0.39 is 5.54 Å². The maximum atomic E-state index is 11.9. The van der Waals surface area contributed by atoms with Crippen molar-refractivity contribution in [1.29, 1.82) is 0 Å². The Balaban J connectivity index is 4.81. The van der Waals surface area contributed by atoms with Gasteiger partial charge in [0.2, 0.25) is 5.91 Å². The van der Waals surface area contributed by atoms with E-state index in [1.165, 1.54) is 0 Å². The Morgan fingerprint density at radius 2 is 1.48 bits per heavy atom. The molecule has 0 aromatic rings. The summed E-state index contributed by atoms with van der Waals surface area (Å²) in [6.07, 6.45) is 2.29. The minimum atomic E-state index is -0.665. The van der Waals surface area contributed by atoms with Crippen LogP contribution in [0.3, 0.4) is 0 Å². The number of rotatable bonds is 11. The van der Waals surface area contributed by atoms with E-state index in [2.05, 4.69) is 37.9 Å². The topological polar surface area (TPSA) is 58.4 Å². The molecule has 0 spiro atoms. The van der Waals surface area contributed by atoms with Crippen LogP contribution in [0.5, 0.6) is 0 Å². The smallest absolute Gasteiger partial charge is 0.238 e. The van der Waals surface area contributed by atoms with Gasteiger partial charge in [0.05, 0.1) is 0 Å². The largest absolute Gasteiger partial charge is 0.368 e. The number of carbonyl (C=O) groups excluding carboxylic acids is 1.